The Balaban J connectivity index is 2.35. The summed E-state index contributed by atoms with van der Waals surface area (Å²) in [6.45, 7) is 5.67. The Morgan fingerprint density at radius 2 is 1.70 bits per heavy atom. The van der Waals surface area contributed by atoms with Crippen LogP contribution in [0.4, 0.5) is 5.69 Å². The van der Waals surface area contributed by atoms with Gasteiger partial charge in [-0.3, -0.25) is 4.72 Å². The van der Waals surface area contributed by atoms with Gasteiger partial charge in [0.25, 0.3) is 10.0 Å². The second-order valence-corrected chi connectivity index (χ2v) is 7.77. The van der Waals surface area contributed by atoms with Gasteiger partial charge in [0.1, 0.15) is 5.40 Å². The number of thiocyanates is 1. The van der Waals surface area contributed by atoms with Crippen molar-refractivity contribution in [2.75, 3.05) is 4.72 Å². The maximum atomic E-state index is 12.5. The molecule has 23 heavy (non-hydrogen) atoms. The van der Waals surface area contributed by atoms with Crippen molar-refractivity contribution < 1.29 is 8.42 Å². The Hall–Kier alpha value is -1.97. The quantitative estimate of drug-likeness (QED) is 0.649. The van der Waals surface area contributed by atoms with Gasteiger partial charge >= 0.3 is 0 Å². The third-order valence-corrected chi connectivity index (χ3v) is 5.48. The van der Waals surface area contributed by atoms with Crippen LogP contribution in [0.3, 0.4) is 0 Å². The predicted molar refractivity (Wildman–Crippen MR) is 94.0 cm³/mol. The van der Waals surface area contributed by atoms with Gasteiger partial charge in [-0.2, -0.15) is 5.26 Å². The molecule has 0 aliphatic heterocycles. The van der Waals surface area contributed by atoms with Crippen LogP contribution in [0.1, 0.15) is 23.6 Å². The summed E-state index contributed by atoms with van der Waals surface area (Å²) in [5.74, 6) is 0. The van der Waals surface area contributed by atoms with Crippen LogP contribution in [0.25, 0.3) is 0 Å². The first-order valence-electron chi connectivity index (χ1n) is 7.16. The smallest absolute Gasteiger partial charge is 0.261 e. The predicted octanol–water partition coefficient (Wildman–Crippen LogP) is 4.24. The molecule has 0 bridgehead atoms. The van der Waals surface area contributed by atoms with Gasteiger partial charge in [0.2, 0.25) is 0 Å². The fourth-order valence-corrected chi connectivity index (χ4v) is 4.07. The lowest BCUT2D eigenvalue weighted by atomic mass is 10.1. The Morgan fingerprint density at radius 1 is 1.13 bits per heavy atom. The van der Waals surface area contributed by atoms with Crippen LogP contribution in [0, 0.1) is 24.5 Å². The van der Waals surface area contributed by atoms with E-state index in [9.17, 15) is 8.42 Å². The van der Waals surface area contributed by atoms with E-state index in [1.54, 1.807) is 24.3 Å². The minimum absolute atomic E-state index is 0.240. The van der Waals surface area contributed by atoms with Crippen LogP contribution in [0.15, 0.2) is 46.2 Å². The molecule has 2 aromatic carbocycles. The number of aryl methyl sites for hydroxylation is 3. The number of nitrogens with zero attached hydrogens (tertiary/aromatic N) is 1. The Bertz CT molecular complexity index is 828. The molecule has 0 unspecified atom stereocenters. The molecule has 0 radical (unpaired) electrons. The van der Waals surface area contributed by atoms with Gasteiger partial charge in [-0.15, -0.1) is 0 Å². The number of nitriles is 1. The zero-order valence-corrected chi connectivity index (χ0v) is 14.9. The van der Waals surface area contributed by atoms with Gasteiger partial charge < -0.3 is 0 Å². The molecule has 0 saturated carbocycles. The fraction of sp³-hybridized carbons (Fsp3) is 0.235. The van der Waals surface area contributed by atoms with E-state index in [0.717, 1.165) is 39.8 Å². The molecule has 0 fully saturated rings. The SMILES string of the molecule is CCc1ccc(S(=O)(=O)Nc2c(C)cc(SC#N)cc2C)cc1. The summed E-state index contributed by atoms with van der Waals surface area (Å²) < 4.78 is 27.8. The van der Waals surface area contributed by atoms with Crippen molar-refractivity contribution in [1.29, 1.82) is 5.26 Å². The van der Waals surface area contributed by atoms with Crippen molar-refractivity contribution in [3.8, 4) is 5.40 Å². The van der Waals surface area contributed by atoms with Crippen molar-refractivity contribution >= 4 is 27.5 Å². The number of thioether (sulfide) groups is 1. The number of anilines is 1. The molecule has 0 aromatic heterocycles. The lowest BCUT2D eigenvalue weighted by molar-refractivity contribution is 0.601. The molecule has 120 valence electrons. The molecule has 2 rings (SSSR count). The summed E-state index contributed by atoms with van der Waals surface area (Å²) in [5.41, 5.74) is 3.23. The van der Waals surface area contributed by atoms with E-state index in [2.05, 4.69) is 4.72 Å². The third kappa shape index (κ3) is 4.06. The number of hydrogen-bond donors (Lipinski definition) is 1. The Labute approximate surface area is 141 Å². The maximum absolute atomic E-state index is 12.5. The van der Waals surface area contributed by atoms with Gasteiger partial charge in [0.15, 0.2) is 0 Å². The van der Waals surface area contributed by atoms with E-state index >= 15 is 0 Å². The van der Waals surface area contributed by atoms with Crippen molar-refractivity contribution in [1.82, 2.24) is 0 Å². The summed E-state index contributed by atoms with van der Waals surface area (Å²) in [7, 11) is -3.63. The topological polar surface area (TPSA) is 70.0 Å². The van der Waals surface area contributed by atoms with Crippen LogP contribution in [-0.4, -0.2) is 8.42 Å². The summed E-state index contributed by atoms with van der Waals surface area (Å²) in [5, 5.41) is 10.8. The van der Waals surface area contributed by atoms with E-state index in [-0.39, 0.29) is 4.90 Å². The highest BCUT2D eigenvalue weighted by molar-refractivity contribution is 8.03. The summed E-state index contributed by atoms with van der Waals surface area (Å²) in [6.07, 6.45) is 0.865. The van der Waals surface area contributed by atoms with Crippen molar-refractivity contribution in [3.63, 3.8) is 0 Å². The van der Waals surface area contributed by atoms with E-state index in [1.807, 2.05) is 38.3 Å². The van der Waals surface area contributed by atoms with Crippen LogP contribution in [0.5, 0.6) is 0 Å². The van der Waals surface area contributed by atoms with Crippen molar-refractivity contribution in [3.05, 3.63) is 53.1 Å². The first kappa shape index (κ1) is 17.4. The third-order valence-electron chi connectivity index (χ3n) is 3.55. The lowest BCUT2D eigenvalue weighted by Crippen LogP contribution is -2.14. The molecule has 0 heterocycles. The molecule has 0 atom stereocenters. The molecule has 0 aliphatic carbocycles. The van der Waals surface area contributed by atoms with Crippen molar-refractivity contribution in [2.45, 2.75) is 37.0 Å². The molecule has 6 heteroatoms. The zero-order valence-electron chi connectivity index (χ0n) is 13.3. The Morgan fingerprint density at radius 3 is 2.17 bits per heavy atom. The number of nitrogens with one attached hydrogen (secondary N) is 1. The first-order valence-corrected chi connectivity index (χ1v) is 9.46. The van der Waals surface area contributed by atoms with Crippen LogP contribution < -0.4 is 4.72 Å². The second-order valence-electron chi connectivity index (χ2n) is 5.23. The average molecular weight is 346 g/mol. The van der Waals surface area contributed by atoms with Gasteiger partial charge in [-0.25, -0.2) is 8.42 Å². The zero-order chi connectivity index (χ0) is 17.0. The van der Waals surface area contributed by atoms with Crippen molar-refractivity contribution in [2.24, 2.45) is 0 Å². The van der Waals surface area contributed by atoms with Gasteiger partial charge in [-0.1, -0.05) is 19.1 Å². The highest BCUT2D eigenvalue weighted by Gasteiger charge is 2.17. The molecule has 0 saturated heterocycles. The lowest BCUT2D eigenvalue weighted by Gasteiger charge is -2.14. The molecular weight excluding hydrogens is 328 g/mol. The maximum Gasteiger partial charge on any atom is 0.261 e. The monoisotopic (exact) mass is 346 g/mol. The number of hydrogen-bond acceptors (Lipinski definition) is 4. The molecule has 1 N–H and O–H groups in total. The minimum Gasteiger partial charge on any atom is -0.279 e. The van der Waals surface area contributed by atoms with Crippen LogP contribution in [0.2, 0.25) is 0 Å². The van der Waals surface area contributed by atoms with Gasteiger partial charge in [-0.05, 0) is 73.0 Å². The molecule has 0 spiro atoms. The molecule has 2 aromatic rings. The highest BCUT2D eigenvalue weighted by atomic mass is 32.2. The van der Waals surface area contributed by atoms with Gasteiger partial charge in [0, 0.05) is 4.90 Å². The number of rotatable bonds is 5. The summed E-state index contributed by atoms with van der Waals surface area (Å²) in [6, 6.07) is 10.5. The molecule has 0 aliphatic rings. The van der Waals surface area contributed by atoms with Crippen LogP contribution >= 0.6 is 11.8 Å². The van der Waals surface area contributed by atoms with Crippen LogP contribution in [-0.2, 0) is 16.4 Å². The first-order chi connectivity index (χ1) is 10.9. The van der Waals surface area contributed by atoms with E-state index in [1.165, 1.54) is 0 Å². The summed E-state index contributed by atoms with van der Waals surface area (Å²) in [4.78, 5) is 1.04. The minimum atomic E-state index is -3.63. The average Bonchev–Trinajstić information content (AvgIpc) is 2.51. The standard InChI is InChI=1S/C17H18N2O2S2/c1-4-14-5-7-16(8-6-14)23(20,21)19-17-12(2)9-15(22-11-18)10-13(17)3/h5-10,19H,4H2,1-3H3. The molecule has 0 amide bonds. The largest absolute Gasteiger partial charge is 0.279 e. The highest BCUT2D eigenvalue weighted by Crippen LogP contribution is 2.29. The normalized spacial score (nSPS) is 11.0. The Kier molecular flexibility index (Phi) is 5.34. The molecule has 4 nitrogen and oxygen atoms in total. The second kappa shape index (κ2) is 7.07. The van der Waals surface area contributed by atoms with E-state index in [4.69, 9.17) is 5.26 Å². The molecular formula is C17H18N2O2S2. The van der Waals surface area contributed by atoms with E-state index < -0.39 is 10.0 Å². The van der Waals surface area contributed by atoms with Gasteiger partial charge in [0.05, 0.1) is 10.6 Å². The van der Waals surface area contributed by atoms with E-state index in [0.29, 0.717) is 5.69 Å². The number of benzene rings is 2. The fourth-order valence-electron chi connectivity index (χ4n) is 2.29. The number of sulfonamides is 1. The summed E-state index contributed by atoms with van der Waals surface area (Å²) >= 11 is 1.06.